The summed E-state index contributed by atoms with van der Waals surface area (Å²) in [7, 11) is 0. The zero-order chi connectivity index (χ0) is 21.6. The van der Waals surface area contributed by atoms with Gasteiger partial charge in [0.15, 0.2) is 0 Å². The van der Waals surface area contributed by atoms with Crippen LogP contribution in [0.25, 0.3) is 0 Å². The predicted molar refractivity (Wildman–Crippen MR) is 118 cm³/mol. The minimum absolute atomic E-state index is 0. The van der Waals surface area contributed by atoms with E-state index in [0.29, 0.717) is 26.2 Å². The van der Waals surface area contributed by atoms with Gasteiger partial charge in [0.2, 0.25) is 0 Å². The Balaban J connectivity index is -0.000000451. The molecular formula is C22H44CaN2O4. The van der Waals surface area contributed by atoms with Gasteiger partial charge in [-0.15, -0.1) is 0 Å². The number of carbonyl (C=O) groups excluding carboxylic acids is 2. The maximum Gasteiger partial charge on any atom is 2.00 e. The molecule has 0 heterocycles. The van der Waals surface area contributed by atoms with Crippen molar-refractivity contribution in [1.29, 1.82) is 0 Å². The van der Waals surface area contributed by atoms with E-state index in [1.165, 1.54) is 9.80 Å². The van der Waals surface area contributed by atoms with Gasteiger partial charge in [0, 0.05) is 26.2 Å². The first-order chi connectivity index (χ1) is 13.4. The fourth-order valence-electron chi connectivity index (χ4n) is 2.80. The van der Waals surface area contributed by atoms with Gasteiger partial charge < -0.3 is 29.6 Å². The standard InChI is InChI=1S/2C11H23NO2.Ca/c2*1-3-5-7-9-12(11(13)14)10-8-6-4-2;/h2*3-10H2,1-2H3,(H,13,14);/q;;+2/p-2. The minimum atomic E-state index is -1.02. The zero-order valence-corrected chi connectivity index (χ0v) is 21.8. The molecule has 0 aliphatic heterocycles. The molecule has 168 valence electrons. The number of unbranched alkanes of at least 4 members (excludes halogenated alkanes) is 8. The number of amides is 2. The molecule has 0 aromatic heterocycles. The first kappa shape index (κ1) is 33.4. The average Bonchev–Trinajstić information content (AvgIpc) is 2.66. The van der Waals surface area contributed by atoms with Crippen LogP contribution in [-0.2, 0) is 0 Å². The van der Waals surface area contributed by atoms with Gasteiger partial charge in [-0.2, -0.15) is 0 Å². The second-order valence-corrected chi connectivity index (χ2v) is 7.33. The van der Waals surface area contributed by atoms with E-state index in [2.05, 4.69) is 27.7 Å². The Bertz CT molecular complexity index is 317. The van der Waals surface area contributed by atoms with E-state index in [-0.39, 0.29) is 37.7 Å². The van der Waals surface area contributed by atoms with Crippen molar-refractivity contribution < 1.29 is 19.8 Å². The van der Waals surface area contributed by atoms with E-state index in [1.807, 2.05) is 0 Å². The summed E-state index contributed by atoms with van der Waals surface area (Å²) in [4.78, 5) is 24.3. The molecule has 0 saturated carbocycles. The second-order valence-electron chi connectivity index (χ2n) is 7.33. The fraction of sp³-hybridized carbons (Fsp3) is 0.909. The van der Waals surface area contributed by atoms with Crippen molar-refractivity contribution in [3.8, 4) is 0 Å². The molecule has 0 unspecified atom stereocenters. The number of rotatable bonds is 16. The van der Waals surface area contributed by atoms with Gasteiger partial charge in [0.25, 0.3) is 0 Å². The van der Waals surface area contributed by atoms with Crippen molar-refractivity contribution in [1.82, 2.24) is 9.80 Å². The molecule has 0 atom stereocenters. The number of hydrogen-bond donors (Lipinski definition) is 0. The van der Waals surface area contributed by atoms with Crippen LogP contribution in [0.5, 0.6) is 0 Å². The molecule has 0 N–H and O–H groups in total. The Labute approximate surface area is 209 Å². The van der Waals surface area contributed by atoms with E-state index >= 15 is 0 Å². The van der Waals surface area contributed by atoms with Crippen molar-refractivity contribution in [3.63, 3.8) is 0 Å². The van der Waals surface area contributed by atoms with Crippen LogP contribution in [0.2, 0.25) is 0 Å². The third kappa shape index (κ3) is 23.9. The Morgan fingerprint density at radius 2 is 0.724 bits per heavy atom. The molecule has 0 radical (unpaired) electrons. The number of carboxylic acid groups (broad SMARTS) is 2. The summed E-state index contributed by atoms with van der Waals surface area (Å²) in [6.45, 7) is 11.0. The van der Waals surface area contributed by atoms with E-state index in [9.17, 15) is 19.8 Å². The summed E-state index contributed by atoms with van der Waals surface area (Å²) in [5, 5.41) is 21.4. The molecule has 2 amide bonds. The van der Waals surface area contributed by atoms with Gasteiger partial charge in [-0.25, -0.2) is 0 Å². The molecule has 0 aromatic rings. The van der Waals surface area contributed by atoms with Crippen LogP contribution < -0.4 is 10.2 Å². The SMILES string of the molecule is CCCCCN(CCCCC)C(=O)[O-].CCCCCN(CCCCC)C(=O)[O-].[Ca+2]. The van der Waals surface area contributed by atoms with Crippen LogP contribution in [0.4, 0.5) is 9.59 Å². The van der Waals surface area contributed by atoms with E-state index < -0.39 is 12.2 Å². The van der Waals surface area contributed by atoms with Crippen LogP contribution in [0, 0.1) is 0 Å². The molecule has 7 heteroatoms. The van der Waals surface area contributed by atoms with Gasteiger partial charge in [-0.05, 0) is 25.7 Å². The Hall–Kier alpha value is -0.200. The van der Waals surface area contributed by atoms with E-state index in [0.717, 1.165) is 77.0 Å². The van der Waals surface area contributed by atoms with Crippen molar-refractivity contribution in [2.24, 2.45) is 0 Å². The molecule has 6 nitrogen and oxygen atoms in total. The minimum Gasteiger partial charge on any atom is -0.530 e. The molecule has 29 heavy (non-hydrogen) atoms. The molecule has 0 aromatic carbocycles. The van der Waals surface area contributed by atoms with Crippen molar-refractivity contribution in [2.45, 2.75) is 105 Å². The summed E-state index contributed by atoms with van der Waals surface area (Å²) < 4.78 is 0. The zero-order valence-electron chi connectivity index (χ0n) is 19.5. The number of carbonyl (C=O) groups is 2. The molecule has 0 aliphatic carbocycles. The van der Waals surface area contributed by atoms with Crippen molar-refractivity contribution in [2.75, 3.05) is 26.2 Å². The predicted octanol–water partition coefficient (Wildman–Crippen LogP) is 3.64. The van der Waals surface area contributed by atoms with E-state index in [1.54, 1.807) is 0 Å². The summed E-state index contributed by atoms with van der Waals surface area (Å²) in [6.07, 6.45) is 10.6. The number of hydrogen-bond acceptors (Lipinski definition) is 4. The van der Waals surface area contributed by atoms with Gasteiger partial charge in [0.05, 0.1) is 0 Å². The monoisotopic (exact) mass is 440 g/mol. The quantitative estimate of drug-likeness (QED) is 0.271. The second kappa shape index (κ2) is 25.8. The number of nitrogens with zero attached hydrogens (tertiary/aromatic N) is 2. The summed E-state index contributed by atoms with van der Waals surface area (Å²) in [5.41, 5.74) is 0. The van der Waals surface area contributed by atoms with Crippen molar-refractivity contribution in [3.05, 3.63) is 0 Å². The van der Waals surface area contributed by atoms with Crippen LogP contribution >= 0.6 is 0 Å². The molecule has 0 aliphatic rings. The normalized spacial score (nSPS) is 9.79. The molecule has 0 bridgehead atoms. The van der Waals surface area contributed by atoms with Crippen LogP contribution in [0.15, 0.2) is 0 Å². The fourth-order valence-corrected chi connectivity index (χ4v) is 2.80. The largest absolute Gasteiger partial charge is 2.00 e. The first-order valence-corrected chi connectivity index (χ1v) is 11.4. The molecule has 0 rings (SSSR count). The van der Waals surface area contributed by atoms with Gasteiger partial charge in [-0.3, -0.25) is 0 Å². The first-order valence-electron chi connectivity index (χ1n) is 11.4. The third-order valence-corrected chi connectivity index (χ3v) is 4.64. The van der Waals surface area contributed by atoms with Gasteiger partial charge in [0.1, 0.15) is 12.2 Å². The maximum absolute atomic E-state index is 10.7. The molecule has 0 saturated heterocycles. The third-order valence-electron chi connectivity index (χ3n) is 4.64. The summed E-state index contributed by atoms with van der Waals surface area (Å²) >= 11 is 0. The Kier molecular flexibility index (Phi) is 29.8. The van der Waals surface area contributed by atoms with Gasteiger partial charge in [-0.1, -0.05) is 79.1 Å². The summed E-state index contributed by atoms with van der Waals surface area (Å²) in [6, 6.07) is 0. The Morgan fingerprint density at radius 1 is 0.517 bits per heavy atom. The molecular weight excluding hydrogens is 396 g/mol. The van der Waals surface area contributed by atoms with E-state index in [4.69, 9.17) is 0 Å². The van der Waals surface area contributed by atoms with Crippen LogP contribution in [0.1, 0.15) is 105 Å². The maximum atomic E-state index is 10.7. The van der Waals surface area contributed by atoms with Crippen molar-refractivity contribution >= 4 is 49.9 Å². The topological polar surface area (TPSA) is 86.7 Å². The smallest absolute Gasteiger partial charge is 0.530 e. The summed E-state index contributed by atoms with van der Waals surface area (Å²) in [5.74, 6) is 0. The van der Waals surface area contributed by atoms with Crippen LogP contribution in [-0.4, -0.2) is 85.9 Å². The van der Waals surface area contributed by atoms with Gasteiger partial charge >= 0.3 is 37.7 Å². The average molecular weight is 441 g/mol. The Morgan fingerprint density at radius 3 is 0.862 bits per heavy atom. The molecule has 0 spiro atoms. The van der Waals surface area contributed by atoms with Crippen LogP contribution in [0.3, 0.4) is 0 Å². The molecule has 0 fully saturated rings.